The Labute approximate surface area is 214 Å². The Balaban J connectivity index is 1.56. The van der Waals surface area contributed by atoms with Gasteiger partial charge in [-0.1, -0.05) is 0 Å². The average molecular weight is 509 g/mol. The van der Waals surface area contributed by atoms with Gasteiger partial charge in [0.2, 0.25) is 0 Å². The number of carbonyl (C=O) groups is 3. The van der Waals surface area contributed by atoms with E-state index in [9.17, 15) is 19.6 Å². The molecule has 2 aromatic rings. The van der Waals surface area contributed by atoms with Crippen LogP contribution in [0.3, 0.4) is 0 Å². The maximum absolute atomic E-state index is 13.2. The molecule has 12 heteroatoms. The molecule has 0 bridgehead atoms. The summed E-state index contributed by atoms with van der Waals surface area (Å²) in [5.74, 6) is 0.854. The number of urea groups is 1. The summed E-state index contributed by atoms with van der Waals surface area (Å²) >= 11 is 0. The fraction of sp³-hybridized carbons (Fsp3) is 0.440. The summed E-state index contributed by atoms with van der Waals surface area (Å²) in [4.78, 5) is 48.8. The van der Waals surface area contributed by atoms with E-state index in [0.717, 1.165) is 5.56 Å². The summed E-state index contributed by atoms with van der Waals surface area (Å²) in [7, 11) is 1.55. The van der Waals surface area contributed by atoms with Gasteiger partial charge in [0.15, 0.2) is 6.29 Å². The van der Waals surface area contributed by atoms with Crippen LogP contribution in [0.1, 0.15) is 47.4 Å². The van der Waals surface area contributed by atoms with Crippen LogP contribution in [0, 0.1) is 11.3 Å². The standard InChI is InChI=1S/C25H28N6O6/c1-15-13-36-25(34)31(15)11-18-7-17-5-4-6-30(23(17)28-20(18)12-32)24(33)29-22-8-21(19(9-26)10-27-22)37-16(2)14-35-3/h7-8,10,12,15-16H,4-6,11,13-14H2,1-3H3,(H,27,29,33)/t15-,16-/m0/s1. The number of cyclic esters (lactones) is 1. The smallest absolute Gasteiger partial charge is 0.410 e. The van der Waals surface area contributed by atoms with Crippen molar-refractivity contribution in [1.82, 2.24) is 14.9 Å². The van der Waals surface area contributed by atoms with Gasteiger partial charge >= 0.3 is 12.1 Å². The first-order valence-corrected chi connectivity index (χ1v) is 11.9. The number of aldehydes is 1. The first-order chi connectivity index (χ1) is 17.8. The summed E-state index contributed by atoms with van der Waals surface area (Å²) in [5, 5.41) is 12.1. The number of hydrogen-bond donors (Lipinski definition) is 1. The van der Waals surface area contributed by atoms with Crippen molar-refractivity contribution in [3.63, 3.8) is 0 Å². The first-order valence-electron chi connectivity index (χ1n) is 11.9. The van der Waals surface area contributed by atoms with Crippen LogP contribution in [0.25, 0.3) is 0 Å². The molecule has 2 aliphatic heterocycles. The van der Waals surface area contributed by atoms with Crippen molar-refractivity contribution < 1.29 is 28.6 Å². The van der Waals surface area contributed by atoms with Gasteiger partial charge in [-0.05, 0) is 38.3 Å². The normalized spacial score (nSPS) is 17.5. The van der Waals surface area contributed by atoms with Gasteiger partial charge in [0, 0.05) is 25.3 Å². The minimum absolute atomic E-state index is 0.114. The third-order valence-corrected chi connectivity index (χ3v) is 6.14. The average Bonchev–Trinajstić information content (AvgIpc) is 3.20. The lowest BCUT2D eigenvalue weighted by molar-refractivity contribution is 0.0919. The number of methoxy groups -OCH3 is 1. The Hall–Kier alpha value is -4.24. The van der Waals surface area contributed by atoms with Crippen LogP contribution < -0.4 is 15.0 Å². The van der Waals surface area contributed by atoms with E-state index in [1.54, 1.807) is 18.9 Å². The van der Waals surface area contributed by atoms with Gasteiger partial charge in [0.05, 0.1) is 25.4 Å². The summed E-state index contributed by atoms with van der Waals surface area (Å²) in [5.41, 5.74) is 1.78. The molecule has 2 aromatic heterocycles. The van der Waals surface area contributed by atoms with E-state index in [0.29, 0.717) is 50.3 Å². The van der Waals surface area contributed by atoms with Crippen molar-refractivity contribution in [2.24, 2.45) is 0 Å². The van der Waals surface area contributed by atoms with Crippen LogP contribution in [0.2, 0.25) is 0 Å². The third kappa shape index (κ3) is 5.62. The van der Waals surface area contributed by atoms with E-state index in [1.165, 1.54) is 17.2 Å². The molecule has 3 amide bonds. The molecule has 0 radical (unpaired) electrons. The van der Waals surface area contributed by atoms with Gasteiger partial charge in [0.25, 0.3) is 0 Å². The molecule has 4 rings (SSSR count). The quantitative estimate of drug-likeness (QED) is 0.532. The zero-order chi connectivity index (χ0) is 26.5. The van der Waals surface area contributed by atoms with Crippen LogP contribution in [-0.2, 0) is 22.4 Å². The number of fused-ring (bicyclic) bond motifs is 1. The lowest BCUT2D eigenvalue weighted by Gasteiger charge is -2.29. The van der Waals surface area contributed by atoms with Crippen molar-refractivity contribution in [2.45, 2.75) is 45.4 Å². The predicted molar refractivity (Wildman–Crippen MR) is 132 cm³/mol. The number of aromatic nitrogens is 2. The molecule has 37 heavy (non-hydrogen) atoms. The summed E-state index contributed by atoms with van der Waals surface area (Å²) in [6.07, 6.45) is 2.56. The molecule has 194 valence electrons. The predicted octanol–water partition coefficient (Wildman–Crippen LogP) is 2.90. The number of ether oxygens (including phenoxy) is 3. The Morgan fingerprint density at radius 1 is 1.43 bits per heavy atom. The highest BCUT2D eigenvalue weighted by molar-refractivity contribution is 6.01. The number of nitriles is 1. The van der Waals surface area contributed by atoms with Gasteiger partial charge < -0.3 is 14.2 Å². The van der Waals surface area contributed by atoms with E-state index < -0.39 is 12.1 Å². The molecule has 12 nitrogen and oxygen atoms in total. The van der Waals surface area contributed by atoms with Crippen molar-refractivity contribution in [1.29, 1.82) is 5.26 Å². The highest BCUT2D eigenvalue weighted by atomic mass is 16.6. The number of amides is 3. The molecule has 0 aromatic carbocycles. The minimum Gasteiger partial charge on any atom is -0.487 e. The van der Waals surface area contributed by atoms with E-state index in [1.807, 2.05) is 19.1 Å². The highest BCUT2D eigenvalue weighted by Crippen LogP contribution is 2.30. The number of rotatable bonds is 8. The van der Waals surface area contributed by atoms with Crippen LogP contribution >= 0.6 is 0 Å². The van der Waals surface area contributed by atoms with E-state index in [2.05, 4.69) is 15.3 Å². The van der Waals surface area contributed by atoms with E-state index in [4.69, 9.17) is 14.2 Å². The number of carbonyl (C=O) groups excluding carboxylic acids is 3. The lowest BCUT2D eigenvalue weighted by atomic mass is 10.0. The molecule has 2 atom stereocenters. The number of nitrogens with zero attached hydrogens (tertiary/aromatic N) is 5. The lowest BCUT2D eigenvalue weighted by Crippen LogP contribution is -2.40. The Kier molecular flexibility index (Phi) is 7.83. The van der Waals surface area contributed by atoms with Crippen LogP contribution in [-0.4, -0.2) is 72.3 Å². The maximum atomic E-state index is 13.2. The van der Waals surface area contributed by atoms with Gasteiger partial charge in [-0.15, -0.1) is 0 Å². The minimum atomic E-state index is -0.483. The number of hydrogen-bond acceptors (Lipinski definition) is 9. The fourth-order valence-electron chi connectivity index (χ4n) is 4.28. The molecule has 1 N–H and O–H groups in total. The number of anilines is 2. The summed E-state index contributed by atoms with van der Waals surface area (Å²) < 4.78 is 15.9. The largest absolute Gasteiger partial charge is 0.487 e. The molecule has 0 spiro atoms. The molecule has 0 saturated carbocycles. The Bertz CT molecular complexity index is 1240. The van der Waals surface area contributed by atoms with Crippen molar-refractivity contribution >= 4 is 30.0 Å². The topological polar surface area (TPSA) is 147 Å². The molecular weight excluding hydrogens is 480 g/mol. The molecule has 0 aliphatic carbocycles. The molecular formula is C25H28N6O6. The van der Waals surface area contributed by atoms with Crippen LogP contribution in [0.15, 0.2) is 18.3 Å². The Morgan fingerprint density at radius 2 is 2.24 bits per heavy atom. The van der Waals surface area contributed by atoms with E-state index >= 15 is 0 Å². The van der Waals surface area contributed by atoms with E-state index in [-0.39, 0.29) is 41.5 Å². The van der Waals surface area contributed by atoms with Crippen molar-refractivity contribution in [3.05, 3.63) is 40.7 Å². The second kappa shape index (κ2) is 11.2. The van der Waals surface area contributed by atoms with Crippen LogP contribution in [0.4, 0.5) is 21.2 Å². The molecule has 2 aliphatic rings. The Morgan fingerprint density at radius 3 is 2.92 bits per heavy atom. The molecule has 4 heterocycles. The summed E-state index contributed by atoms with van der Waals surface area (Å²) in [6.45, 7) is 4.87. The monoisotopic (exact) mass is 508 g/mol. The van der Waals surface area contributed by atoms with Gasteiger partial charge in [-0.3, -0.25) is 19.9 Å². The van der Waals surface area contributed by atoms with Crippen molar-refractivity contribution in [2.75, 3.05) is 37.1 Å². The number of nitrogens with one attached hydrogen (secondary N) is 1. The van der Waals surface area contributed by atoms with Gasteiger partial charge in [0.1, 0.15) is 47.4 Å². The summed E-state index contributed by atoms with van der Waals surface area (Å²) in [6, 6.07) is 4.73. The fourth-order valence-corrected chi connectivity index (χ4v) is 4.28. The number of aryl methyl sites for hydroxylation is 1. The molecule has 0 unspecified atom stereocenters. The zero-order valence-corrected chi connectivity index (χ0v) is 20.9. The van der Waals surface area contributed by atoms with Crippen molar-refractivity contribution in [3.8, 4) is 11.8 Å². The zero-order valence-electron chi connectivity index (χ0n) is 20.9. The molecule has 1 saturated heterocycles. The van der Waals surface area contributed by atoms with Gasteiger partial charge in [-0.2, -0.15) is 5.26 Å². The second-order valence-electron chi connectivity index (χ2n) is 8.93. The highest BCUT2D eigenvalue weighted by Gasteiger charge is 2.32. The van der Waals surface area contributed by atoms with Crippen LogP contribution in [0.5, 0.6) is 5.75 Å². The maximum Gasteiger partial charge on any atom is 0.410 e. The second-order valence-corrected chi connectivity index (χ2v) is 8.93. The third-order valence-electron chi connectivity index (χ3n) is 6.14. The molecule has 1 fully saturated rings. The van der Waals surface area contributed by atoms with Gasteiger partial charge in [-0.25, -0.2) is 19.6 Å². The number of pyridine rings is 2. The SMILES string of the molecule is COC[C@H](C)Oc1cc(NC(=O)N2CCCc3cc(CN4C(=O)OC[C@@H]4C)c(C=O)nc32)ncc1C#N. The first kappa shape index (κ1) is 25.8.